The monoisotopic (exact) mass is 460 g/mol. The first kappa shape index (κ1) is 29.0. The Morgan fingerprint density at radius 2 is 1.53 bits per heavy atom. The number of nitrogens with two attached hydrogens (primary N) is 4. The molecule has 0 aromatic heterocycles. The summed E-state index contributed by atoms with van der Waals surface area (Å²) in [5, 5.41) is 25.6. The van der Waals surface area contributed by atoms with Gasteiger partial charge in [0.05, 0.1) is 12.6 Å². The van der Waals surface area contributed by atoms with Crippen molar-refractivity contribution in [3.63, 3.8) is 0 Å². The molecule has 0 saturated carbocycles. The Kier molecular flexibility index (Phi) is 14.3. The third-order valence-corrected chi connectivity index (χ3v) is 4.43. The van der Waals surface area contributed by atoms with E-state index in [2.05, 4.69) is 20.9 Å². The maximum absolute atomic E-state index is 12.3. The molecule has 184 valence electrons. The highest BCUT2D eigenvalue weighted by Gasteiger charge is 2.28. The Balaban J connectivity index is 4.69. The maximum atomic E-state index is 12.3. The molecular weight excluding hydrogens is 424 g/mol. The molecule has 4 unspecified atom stereocenters. The summed E-state index contributed by atoms with van der Waals surface area (Å²) < 4.78 is 0. The van der Waals surface area contributed by atoms with Crippen molar-refractivity contribution < 1.29 is 29.4 Å². The number of hydrogen-bond donors (Lipinski definition) is 9. The third-order valence-electron chi connectivity index (χ3n) is 4.43. The second-order valence-corrected chi connectivity index (χ2v) is 7.21. The molecule has 0 aliphatic carbocycles. The molecule has 0 rings (SSSR count). The van der Waals surface area contributed by atoms with Crippen LogP contribution in [0.5, 0.6) is 0 Å². The van der Waals surface area contributed by atoms with Crippen LogP contribution < -0.4 is 38.9 Å². The van der Waals surface area contributed by atoms with E-state index in [-0.39, 0.29) is 18.8 Å². The lowest BCUT2D eigenvalue weighted by Gasteiger charge is -2.22. The number of nitrogens with one attached hydrogen (secondary N) is 3. The largest absolute Gasteiger partial charge is 0.480 e. The Bertz CT molecular complexity index is 655. The van der Waals surface area contributed by atoms with Crippen LogP contribution in [0.2, 0.25) is 0 Å². The minimum atomic E-state index is -1.40. The first-order valence-electron chi connectivity index (χ1n) is 10.3. The highest BCUT2D eigenvalue weighted by atomic mass is 16.4. The number of amides is 3. The van der Waals surface area contributed by atoms with Crippen molar-refractivity contribution in [2.75, 3.05) is 19.7 Å². The normalized spacial score (nSPS) is 14.4. The van der Waals surface area contributed by atoms with Crippen LogP contribution in [0.1, 0.15) is 39.0 Å². The SMILES string of the molecule is CC(NC(=O)C(N)CCCN=C(N)N)C(=O)NC(CO)C(=O)NC(CCCCN)C(=O)O. The fraction of sp³-hybridized carbons (Fsp3) is 0.722. The lowest BCUT2D eigenvalue weighted by molar-refractivity contribution is -0.142. The molecule has 32 heavy (non-hydrogen) atoms. The van der Waals surface area contributed by atoms with Crippen molar-refractivity contribution in [3.05, 3.63) is 0 Å². The number of carbonyl (C=O) groups is 4. The second kappa shape index (κ2) is 15.8. The van der Waals surface area contributed by atoms with Crippen molar-refractivity contribution in [3.8, 4) is 0 Å². The van der Waals surface area contributed by atoms with Crippen LogP contribution in [0, 0.1) is 0 Å². The summed E-state index contributed by atoms with van der Waals surface area (Å²) in [6, 6.07) is -4.55. The van der Waals surface area contributed by atoms with Gasteiger partial charge in [-0.2, -0.15) is 0 Å². The number of carboxylic acid groups (broad SMARTS) is 1. The van der Waals surface area contributed by atoms with Crippen LogP contribution in [0.4, 0.5) is 0 Å². The molecule has 0 fully saturated rings. The van der Waals surface area contributed by atoms with Crippen molar-refractivity contribution in [1.82, 2.24) is 16.0 Å². The fourth-order valence-electron chi connectivity index (χ4n) is 2.55. The molecule has 0 bridgehead atoms. The minimum absolute atomic E-state index is 0.0685. The van der Waals surface area contributed by atoms with E-state index in [1.807, 2.05) is 0 Å². The average molecular weight is 461 g/mol. The van der Waals surface area contributed by atoms with E-state index in [1.165, 1.54) is 6.92 Å². The summed E-state index contributed by atoms with van der Waals surface area (Å²) in [5.41, 5.74) is 21.5. The van der Waals surface area contributed by atoms with Gasteiger partial charge in [0.1, 0.15) is 18.1 Å². The highest BCUT2D eigenvalue weighted by molar-refractivity contribution is 5.93. The van der Waals surface area contributed by atoms with Crippen LogP contribution in [-0.2, 0) is 19.2 Å². The zero-order valence-corrected chi connectivity index (χ0v) is 18.3. The quantitative estimate of drug-likeness (QED) is 0.0612. The third kappa shape index (κ3) is 12.0. The number of carboxylic acids is 1. The van der Waals surface area contributed by atoms with Crippen molar-refractivity contribution in [2.45, 2.75) is 63.2 Å². The molecule has 13 N–H and O–H groups in total. The number of aliphatic hydroxyl groups excluding tert-OH is 1. The number of rotatable bonds is 16. The smallest absolute Gasteiger partial charge is 0.326 e. The number of aliphatic imine (C=N–C) groups is 1. The number of carbonyl (C=O) groups excluding carboxylic acids is 3. The molecule has 0 aromatic carbocycles. The van der Waals surface area contributed by atoms with Crippen LogP contribution >= 0.6 is 0 Å². The Morgan fingerprint density at radius 3 is 2.06 bits per heavy atom. The predicted molar refractivity (Wildman–Crippen MR) is 117 cm³/mol. The average Bonchev–Trinajstić information content (AvgIpc) is 2.73. The molecule has 0 aliphatic heterocycles. The van der Waals surface area contributed by atoms with Gasteiger partial charge in [0.15, 0.2) is 5.96 Å². The molecule has 4 atom stereocenters. The van der Waals surface area contributed by atoms with Gasteiger partial charge < -0.3 is 49.1 Å². The molecule has 0 heterocycles. The number of aliphatic hydroxyl groups is 1. The van der Waals surface area contributed by atoms with Gasteiger partial charge in [-0.15, -0.1) is 0 Å². The molecule has 0 aromatic rings. The van der Waals surface area contributed by atoms with E-state index in [0.29, 0.717) is 32.4 Å². The first-order valence-corrected chi connectivity index (χ1v) is 10.3. The van der Waals surface area contributed by atoms with Gasteiger partial charge in [-0.05, 0) is 45.6 Å². The van der Waals surface area contributed by atoms with E-state index in [9.17, 15) is 29.4 Å². The molecule has 14 nitrogen and oxygen atoms in total. The van der Waals surface area contributed by atoms with E-state index < -0.39 is 54.5 Å². The Labute approximate surface area is 186 Å². The van der Waals surface area contributed by atoms with Gasteiger partial charge in [-0.3, -0.25) is 19.4 Å². The number of guanidine groups is 1. The van der Waals surface area contributed by atoms with Gasteiger partial charge >= 0.3 is 5.97 Å². The standard InChI is InChI=1S/C18H36N8O6/c1-10(24-15(29)11(20)5-4-8-23-18(21)22)14(28)26-13(9-27)16(30)25-12(17(31)32)6-2-3-7-19/h10-13,27H,2-9,19-20H2,1H3,(H,24,29)(H,25,30)(H,26,28)(H,31,32)(H4,21,22,23). The van der Waals surface area contributed by atoms with Crippen LogP contribution in [0.15, 0.2) is 4.99 Å². The molecule has 14 heteroatoms. The molecular formula is C18H36N8O6. The predicted octanol–water partition coefficient (Wildman–Crippen LogP) is -3.95. The molecule has 0 saturated heterocycles. The Morgan fingerprint density at radius 1 is 0.906 bits per heavy atom. The van der Waals surface area contributed by atoms with Gasteiger partial charge in [-0.1, -0.05) is 0 Å². The van der Waals surface area contributed by atoms with E-state index in [0.717, 1.165) is 0 Å². The zero-order chi connectivity index (χ0) is 24.7. The van der Waals surface area contributed by atoms with E-state index in [1.54, 1.807) is 0 Å². The van der Waals surface area contributed by atoms with Crippen molar-refractivity contribution in [1.29, 1.82) is 0 Å². The second-order valence-electron chi connectivity index (χ2n) is 7.21. The number of aliphatic carboxylic acids is 1. The molecule has 0 radical (unpaired) electrons. The lowest BCUT2D eigenvalue weighted by Crippen LogP contribution is -2.57. The summed E-state index contributed by atoms with van der Waals surface area (Å²) in [7, 11) is 0. The number of nitrogens with zero attached hydrogens (tertiary/aromatic N) is 1. The van der Waals surface area contributed by atoms with Crippen molar-refractivity contribution in [2.24, 2.45) is 27.9 Å². The zero-order valence-electron chi connectivity index (χ0n) is 18.3. The van der Waals surface area contributed by atoms with Crippen LogP contribution in [0.3, 0.4) is 0 Å². The summed E-state index contributed by atoms with van der Waals surface area (Å²) in [4.78, 5) is 51.8. The molecule has 0 spiro atoms. The van der Waals surface area contributed by atoms with E-state index >= 15 is 0 Å². The minimum Gasteiger partial charge on any atom is -0.480 e. The maximum Gasteiger partial charge on any atom is 0.326 e. The van der Waals surface area contributed by atoms with Gasteiger partial charge in [0.2, 0.25) is 17.7 Å². The Hall–Kier alpha value is -2.97. The van der Waals surface area contributed by atoms with Crippen LogP contribution in [0.25, 0.3) is 0 Å². The summed E-state index contributed by atoms with van der Waals surface area (Å²) in [6.07, 6.45) is 1.96. The molecule has 3 amide bonds. The van der Waals surface area contributed by atoms with Crippen LogP contribution in [-0.4, -0.2) is 83.7 Å². The molecule has 0 aliphatic rings. The van der Waals surface area contributed by atoms with Crippen molar-refractivity contribution >= 4 is 29.7 Å². The number of hydrogen-bond acceptors (Lipinski definition) is 8. The van der Waals surface area contributed by atoms with E-state index in [4.69, 9.17) is 22.9 Å². The summed E-state index contributed by atoms with van der Waals surface area (Å²) in [5.74, 6) is -3.52. The lowest BCUT2D eigenvalue weighted by atomic mass is 10.1. The summed E-state index contributed by atoms with van der Waals surface area (Å²) in [6.45, 7) is 1.30. The highest BCUT2D eigenvalue weighted by Crippen LogP contribution is 2.02. The topological polar surface area (TPSA) is 261 Å². The first-order chi connectivity index (χ1) is 15.0. The fourth-order valence-corrected chi connectivity index (χ4v) is 2.55. The number of unbranched alkanes of at least 4 members (excludes halogenated alkanes) is 1. The van der Waals surface area contributed by atoms with Gasteiger partial charge in [-0.25, -0.2) is 4.79 Å². The van der Waals surface area contributed by atoms with Gasteiger partial charge in [0, 0.05) is 6.54 Å². The van der Waals surface area contributed by atoms with Gasteiger partial charge in [0.25, 0.3) is 0 Å². The summed E-state index contributed by atoms with van der Waals surface area (Å²) >= 11 is 0.